The van der Waals surface area contributed by atoms with Crippen LogP contribution < -0.4 is 5.32 Å². The van der Waals surface area contributed by atoms with Gasteiger partial charge in [0, 0.05) is 62.0 Å². The van der Waals surface area contributed by atoms with Crippen molar-refractivity contribution >= 4 is 34.2 Å². The number of nitrogens with one attached hydrogen (secondary N) is 1. The van der Waals surface area contributed by atoms with Gasteiger partial charge in [0.1, 0.15) is 11.3 Å². The number of rotatable bonds is 10. The van der Waals surface area contributed by atoms with Crippen LogP contribution in [0.5, 0.6) is 0 Å². The number of para-hydroxylation sites is 1. The topological polar surface area (TPSA) is 118 Å². The largest absolute Gasteiger partial charge is 0.449 e. The van der Waals surface area contributed by atoms with Gasteiger partial charge in [-0.05, 0) is 51.4 Å². The van der Waals surface area contributed by atoms with Crippen molar-refractivity contribution in [3.63, 3.8) is 0 Å². The Hall–Kier alpha value is -3.76. The molecule has 0 saturated carbocycles. The second-order valence-corrected chi connectivity index (χ2v) is 9.12. The summed E-state index contributed by atoms with van der Waals surface area (Å²) in [7, 11) is 2.11. The van der Waals surface area contributed by atoms with Gasteiger partial charge >= 0.3 is 0 Å². The number of piperidine rings is 1. The SMILES string of the molecule is CCOCCCN(C)C1CCN(C(=O)c2oc3ccccc3c2NC(=O)c2cccc([N+](=O)[O-])c2)CC1. The van der Waals surface area contributed by atoms with E-state index >= 15 is 0 Å². The second kappa shape index (κ2) is 12.0. The summed E-state index contributed by atoms with van der Waals surface area (Å²) < 4.78 is 11.4. The van der Waals surface area contributed by atoms with Crippen molar-refractivity contribution in [2.24, 2.45) is 0 Å². The standard InChI is InChI=1S/C27H32N4O6/c1-3-36-17-7-14-29(2)20-12-15-30(16-13-20)27(33)25-24(22-10-4-5-11-23(22)37-25)28-26(32)19-8-6-9-21(18-19)31(34)35/h4-6,8-11,18,20H,3,7,12-17H2,1-2H3,(H,28,32). The molecule has 0 spiro atoms. The highest BCUT2D eigenvalue weighted by atomic mass is 16.6. The summed E-state index contributed by atoms with van der Waals surface area (Å²) in [6.45, 7) is 5.55. The Morgan fingerprint density at radius 2 is 1.95 bits per heavy atom. The Morgan fingerprint density at radius 3 is 2.68 bits per heavy atom. The Bertz CT molecular complexity index is 1260. The minimum Gasteiger partial charge on any atom is -0.449 e. The molecule has 2 amide bonds. The number of amides is 2. The fraction of sp³-hybridized carbons (Fsp3) is 0.407. The molecule has 10 nitrogen and oxygen atoms in total. The van der Waals surface area contributed by atoms with Crippen LogP contribution in [0.1, 0.15) is 47.1 Å². The van der Waals surface area contributed by atoms with Crippen LogP contribution in [-0.4, -0.2) is 72.5 Å². The summed E-state index contributed by atoms with van der Waals surface area (Å²) in [5, 5.41) is 14.5. The zero-order chi connectivity index (χ0) is 26.4. The quantitative estimate of drug-likeness (QED) is 0.242. The maximum Gasteiger partial charge on any atom is 0.291 e. The molecule has 2 heterocycles. The van der Waals surface area contributed by atoms with Crippen LogP contribution in [0.4, 0.5) is 11.4 Å². The number of furan rings is 1. The highest BCUT2D eigenvalue weighted by molar-refractivity contribution is 6.14. The molecular weight excluding hydrogens is 476 g/mol. The average molecular weight is 509 g/mol. The highest BCUT2D eigenvalue weighted by Gasteiger charge is 2.30. The Kier molecular flexibility index (Phi) is 8.52. The van der Waals surface area contributed by atoms with E-state index in [1.165, 1.54) is 24.3 Å². The minimum atomic E-state index is -0.559. The maximum absolute atomic E-state index is 13.5. The Labute approximate surface area is 215 Å². The Morgan fingerprint density at radius 1 is 1.19 bits per heavy atom. The number of nitrogens with zero attached hydrogens (tertiary/aromatic N) is 3. The van der Waals surface area contributed by atoms with Gasteiger partial charge in [-0.15, -0.1) is 0 Å². The first kappa shape index (κ1) is 26.3. The van der Waals surface area contributed by atoms with Gasteiger partial charge in [-0.2, -0.15) is 0 Å². The van der Waals surface area contributed by atoms with E-state index in [2.05, 4.69) is 17.3 Å². The van der Waals surface area contributed by atoms with E-state index < -0.39 is 10.8 Å². The molecule has 0 radical (unpaired) electrons. The maximum atomic E-state index is 13.5. The lowest BCUT2D eigenvalue weighted by Gasteiger charge is -2.36. The molecular formula is C27H32N4O6. The summed E-state index contributed by atoms with van der Waals surface area (Å²) in [4.78, 5) is 41.2. The first-order chi connectivity index (χ1) is 17.9. The van der Waals surface area contributed by atoms with Crippen molar-refractivity contribution in [2.45, 2.75) is 32.2 Å². The first-order valence-corrected chi connectivity index (χ1v) is 12.5. The molecule has 0 unspecified atom stereocenters. The van der Waals surface area contributed by atoms with Crippen LogP contribution in [-0.2, 0) is 4.74 Å². The van der Waals surface area contributed by atoms with Gasteiger partial charge in [0.25, 0.3) is 17.5 Å². The number of fused-ring (bicyclic) bond motifs is 1. The van der Waals surface area contributed by atoms with E-state index in [1.807, 2.05) is 6.92 Å². The molecule has 1 aliphatic rings. The van der Waals surface area contributed by atoms with Gasteiger partial charge in [-0.1, -0.05) is 18.2 Å². The van der Waals surface area contributed by atoms with E-state index in [0.29, 0.717) is 30.1 Å². The molecule has 0 atom stereocenters. The number of likely N-dealkylation sites (tertiary alicyclic amines) is 1. The molecule has 2 aromatic carbocycles. The summed E-state index contributed by atoms with van der Waals surface area (Å²) in [6.07, 6.45) is 2.65. The van der Waals surface area contributed by atoms with Crippen LogP contribution in [0.15, 0.2) is 52.9 Å². The number of benzene rings is 2. The molecule has 1 N–H and O–H groups in total. The van der Waals surface area contributed by atoms with Gasteiger partial charge < -0.3 is 24.3 Å². The third kappa shape index (κ3) is 6.15. The summed E-state index contributed by atoms with van der Waals surface area (Å²) in [5.41, 5.74) is 0.675. The molecule has 1 fully saturated rings. The number of anilines is 1. The van der Waals surface area contributed by atoms with Gasteiger partial charge in [0.05, 0.1) is 4.92 Å². The smallest absolute Gasteiger partial charge is 0.291 e. The van der Waals surface area contributed by atoms with Gasteiger partial charge in [0.2, 0.25) is 5.76 Å². The third-order valence-corrected chi connectivity index (χ3v) is 6.73. The van der Waals surface area contributed by atoms with Crippen molar-refractivity contribution in [1.82, 2.24) is 9.80 Å². The lowest BCUT2D eigenvalue weighted by atomic mass is 10.0. The van der Waals surface area contributed by atoms with Crippen LogP contribution >= 0.6 is 0 Å². The lowest BCUT2D eigenvalue weighted by molar-refractivity contribution is -0.384. The predicted molar refractivity (Wildman–Crippen MR) is 140 cm³/mol. The zero-order valence-corrected chi connectivity index (χ0v) is 21.1. The molecule has 4 rings (SSSR count). The van der Waals surface area contributed by atoms with E-state index in [1.54, 1.807) is 29.2 Å². The van der Waals surface area contributed by atoms with Crippen molar-refractivity contribution in [3.8, 4) is 0 Å². The monoisotopic (exact) mass is 508 g/mol. The molecule has 0 bridgehead atoms. The lowest BCUT2D eigenvalue weighted by Crippen LogP contribution is -2.46. The average Bonchev–Trinajstić information content (AvgIpc) is 3.29. The fourth-order valence-corrected chi connectivity index (χ4v) is 4.66. The molecule has 10 heteroatoms. The number of carbonyl (C=O) groups excluding carboxylic acids is 2. The molecule has 37 heavy (non-hydrogen) atoms. The summed E-state index contributed by atoms with van der Waals surface area (Å²) in [5.74, 6) is -0.789. The van der Waals surface area contributed by atoms with Gasteiger partial charge in [0.15, 0.2) is 0 Å². The summed E-state index contributed by atoms with van der Waals surface area (Å²) in [6, 6.07) is 12.9. The molecule has 1 saturated heterocycles. The van der Waals surface area contributed by atoms with Crippen molar-refractivity contribution in [3.05, 3.63) is 70.0 Å². The molecule has 1 aliphatic heterocycles. The van der Waals surface area contributed by atoms with Crippen LogP contribution in [0, 0.1) is 10.1 Å². The number of hydrogen-bond acceptors (Lipinski definition) is 7. The Balaban J connectivity index is 1.49. The minimum absolute atomic E-state index is 0.0588. The highest BCUT2D eigenvalue weighted by Crippen LogP contribution is 2.33. The number of hydrogen-bond donors (Lipinski definition) is 1. The van der Waals surface area contributed by atoms with E-state index in [0.717, 1.165) is 39.0 Å². The van der Waals surface area contributed by atoms with Crippen LogP contribution in [0.2, 0.25) is 0 Å². The number of ether oxygens (including phenoxy) is 1. The van der Waals surface area contributed by atoms with Crippen LogP contribution in [0.3, 0.4) is 0 Å². The first-order valence-electron chi connectivity index (χ1n) is 12.5. The van der Waals surface area contributed by atoms with Crippen molar-refractivity contribution < 1.29 is 23.7 Å². The van der Waals surface area contributed by atoms with E-state index in [9.17, 15) is 19.7 Å². The van der Waals surface area contributed by atoms with Crippen molar-refractivity contribution in [1.29, 1.82) is 0 Å². The van der Waals surface area contributed by atoms with Crippen LogP contribution in [0.25, 0.3) is 11.0 Å². The van der Waals surface area contributed by atoms with E-state index in [-0.39, 0.29) is 28.6 Å². The molecule has 1 aromatic heterocycles. The molecule has 3 aromatic rings. The summed E-state index contributed by atoms with van der Waals surface area (Å²) >= 11 is 0. The van der Waals surface area contributed by atoms with Crippen molar-refractivity contribution in [2.75, 3.05) is 45.2 Å². The second-order valence-electron chi connectivity index (χ2n) is 9.12. The molecule has 196 valence electrons. The number of non-ortho nitro benzene ring substituents is 1. The normalized spacial score (nSPS) is 14.3. The van der Waals surface area contributed by atoms with E-state index in [4.69, 9.17) is 9.15 Å². The predicted octanol–water partition coefficient (Wildman–Crippen LogP) is 4.56. The zero-order valence-electron chi connectivity index (χ0n) is 21.1. The number of carbonyl (C=O) groups is 2. The van der Waals surface area contributed by atoms with Gasteiger partial charge in [-0.3, -0.25) is 19.7 Å². The van der Waals surface area contributed by atoms with Gasteiger partial charge in [-0.25, -0.2) is 0 Å². The number of nitro benzene ring substituents is 1. The third-order valence-electron chi connectivity index (χ3n) is 6.73. The number of nitro groups is 1. The fourth-order valence-electron chi connectivity index (χ4n) is 4.66. The molecule has 0 aliphatic carbocycles.